The summed E-state index contributed by atoms with van der Waals surface area (Å²) < 4.78 is 0. The summed E-state index contributed by atoms with van der Waals surface area (Å²) in [6.45, 7) is 3.42. The number of anilines is 1. The Labute approximate surface area is 118 Å². The van der Waals surface area contributed by atoms with Crippen molar-refractivity contribution in [3.63, 3.8) is 0 Å². The quantitative estimate of drug-likeness (QED) is 0.667. The van der Waals surface area contributed by atoms with E-state index < -0.39 is 10.9 Å². The van der Waals surface area contributed by atoms with E-state index in [0.717, 1.165) is 11.3 Å². The van der Waals surface area contributed by atoms with Crippen LogP contribution in [0.3, 0.4) is 0 Å². The summed E-state index contributed by atoms with van der Waals surface area (Å²) in [5.74, 6) is -1.13. The Morgan fingerprint density at radius 2 is 2.05 bits per heavy atom. The number of thiophene rings is 1. The Balaban J connectivity index is 2.79. The smallest absolute Gasteiger partial charge is 0.348 e. The Morgan fingerprint density at radius 1 is 1.40 bits per heavy atom. The van der Waals surface area contributed by atoms with Gasteiger partial charge in [0, 0.05) is 10.9 Å². The van der Waals surface area contributed by atoms with E-state index in [1.165, 1.54) is 6.07 Å². The third-order valence-electron chi connectivity index (χ3n) is 3.06. The van der Waals surface area contributed by atoms with E-state index in [1.54, 1.807) is 26.0 Å². The highest BCUT2D eigenvalue weighted by Crippen LogP contribution is 2.43. The van der Waals surface area contributed by atoms with Crippen molar-refractivity contribution in [2.45, 2.75) is 13.8 Å². The van der Waals surface area contributed by atoms with Crippen LogP contribution in [0.1, 0.15) is 20.8 Å². The maximum atomic E-state index is 11.1. The Bertz CT molecular complexity index is 721. The van der Waals surface area contributed by atoms with E-state index in [4.69, 9.17) is 10.8 Å². The molecule has 0 unspecified atom stereocenters. The second-order valence-corrected chi connectivity index (χ2v) is 5.35. The summed E-state index contributed by atoms with van der Waals surface area (Å²) in [5, 5.41) is 20.2. The number of rotatable bonds is 3. The van der Waals surface area contributed by atoms with E-state index in [9.17, 15) is 14.9 Å². The minimum Gasteiger partial charge on any atom is -0.477 e. The van der Waals surface area contributed by atoms with Gasteiger partial charge in [-0.15, -0.1) is 11.3 Å². The number of aryl methyl sites for hydroxylation is 1. The lowest BCUT2D eigenvalue weighted by atomic mass is 10.0. The molecular weight excluding hydrogens is 280 g/mol. The Hall–Kier alpha value is -2.41. The van der Waals surface area contributed by atoms with E-state index >= 15 is 0 Å². The summed E-state index contributed by atoms with van der Waals surface area (Å²) in [4.78, 5) is 22.3. The molecule has 0 saturated carbocycles. The van der Waals surface area contributed by atoms with Crippen LogP contribution in [0.25, 0.3) is 10.4 Å². The van der Waals surface area contributed by atoms with Gasteiger partial charge in [0.2, 0.25) is 0 Å². The lowest BCUT2D eigenvalue weighted by Crippen LogP contribution is -1.98. The average molecular weight is 292 g/mol. The van der Waals surface area contributed by atoms with Gasteiger partial charge in [0.25, 0.3) is 5.69 Å². The van der Waals surface area contributed by atoms with Crippen molar-refractivity contribution in [1.82, 2.24) is 0 Å². The summed E-state index contributed by atoms with van der Waals surface area (Å²) >= 11 is 0.964. The van der Waals surface area contributed by atoms with Gasteiger partial charge in [0.1, 0.15) is 4.88 Å². The molecule has 0 saturated heterocycles. The van der Waals surface area contributed by atoms with Crippen molar-refractivity contribution >= 4 is 28.7 Å². The molecule has 0 spiro atoms. The fourth-order valence-electron chi connectivity index (χ4n) is 2.02. The number of carbonyl (C=O) groups is 1. The number of carboxylic acid groups (broad SMARTS) is 1. The van der Waals surface area contributed by atoms with Gasteiger partial charge in [-0.05, 0) is 25.0 Å². The van der Waals surface area contributed by atoms with Gasteiger partial charge in [-0.3, -0.25) is 10.1 Å². The maximum Gasteiger partial charge on any atom is 0.348 e. The van der Waals surface area contributed by atoms with Crippen molar-refractivity contribution < 1.29 is 14.8 Å². The number of nitrogens with two attached hydrogens (primary N) is 1. The van der Waals surface area contributed by atoms with Crippen molar-refractivity contribution in [1.29, 1.82) is 0 Å². The number of nitrogen functional groups attached to an aromatic ring is 1. The molecule has 3 N–H and O–H groups in total. The van der Waals surface area contributed by atoms with Crippen LogP contribution in [0.4, 0.5) is 11.4 Å². The number of nitro benzene ring substituents is 1. The molecule has 2 aromatic rings. The average Bonchev–Trinajstić information content (AvgIpc) is 2.66. The predicted octanol–water partition coefficient (Wildman–Crippen LogP) is 3.22. The van der Waals surface area contributed by atoms with Gasteiger partial charge in [-0.1, -0.05) is 12.1 Å². The number of aromatic carboxylic acids is 1. The van der Waals surface area contributed by atoms with Crippen molar-refractivity contribution in [2.24, 2.45) is 0 Å². The molecule has 0 fully saturated rings. The lowest BCUT2D eigenvalue weighted by molar-refractivity contribution is -0.384. The molecule has 2 rings (SSSR count). The fraction of sp³-hybridized carbons (Fsp3) is 0.154. The molecule has 0 bridgehead atoms. The van der Waals surface area contributed by atoms with Crippen LogP contribution in [-0.4, -0.2) is 16.0 Å². The zero-order chi connectivity index (χ0) is 15.0. The summed E-state index contributed by atoms with van der Waals surface area (Å²) in [7, 11) is 0. The first-order chi connectivity index (χ1) is 9.34. The van der Waals surface area contributed by atoms with Crippen LogP contribution in [0.5, 0.6) is 0 Å². The number of benzene rings is 1. The molecule has 0 amide bonds. The number of hydrogen-bond donors (Lipinski definition) is 2. The van der Waals surface area contributed by atoms with Crippen LogP contribution in [0.2, 0.25) is 0 Å². The molecule has 104 valence electrons. The molecule has 1 heterocycles. The standard InChI is InChI=1S/C13H12N2O4S/c1-6-4-3-5-8(15(18)19)9(6)11-7(2)10(14)12(20-11)13(16)17/h3-5H,14H2,1-2H3,(H,16,17). The summed E-state index contributed by atoms with van der Waals surface area (Å²) in [6.07, 6.45) is 0. The molecule has 0 atom stereocenters. The monoisotopic (exact) mass is 292 g/mol. The Kier molecular flexibility index (Phi) is 3.46. The van der Waals surface area contributed by atoms with Gasteiger partial charge < -0.3 is 10.8 Å². The third kappa shape index (κ3) is 2.12. The molecule has 0 radical (unpaired) electrons. The molecule has 0 aliphatic heterocycles. The first kappa shape index (κ1) is 14.0. The molecule has 1 aromatic carbocycles. The van der Waals surface area contributed by atoms with Crippen molar-refractivity contribution in [3.05, 3.63) is 44.3 Å². The van der Waals surface area contributed by atoms with Gasteiger partial charge >= 0.3 is 5.97 Å². The van der Waals surface area contributed by atoms with Gasteiger partial charge in [0.05, 0.1) is 16.2 Å². The minimum atomic E-state index is -1.13. The van der Waals surface area contributed by atoms with E-state index in [-0.39, 0.29) is 16.3 Å². The number of nitro groups is 1. The highest BCUT2D eigenvalue weighted by atomic mass is 32.1. The highest BCUT2D eigenvalue weighted by Gasteiger charge is 2.25. The van der Waals surface area contributed by atoms with E-state index in [1.807, 2.05) is 0 Å². The first-order valence-corrected chi connectivity index (χ1v) is 6.52. The molecule has 6 nitrogen and oxygen atoms in total. The van der Waals surface area contributed by atoms with E-state index in [2.05, 4.69) is 0 Å². The second kappa shape index (κ2) is 4.93. The number of hydrogen-bond acceptors (Lipinski definition) is 5. The fourth-order valence-corrected chi connectivity index (χ4v) is 3.21. The van der Waals surface area contributed by atoms with Crippen LogP contribution in [0, 0.1) is 24.0 Å². The zero-order valence-electron chi connectivity index (χ0n) is 10.8. The summed E-state index contributed by atoms with van der Waals surface area (Å²) in [6, 6.07) is 4.75. The molecule has 7 heteroatoms. The van der Waals surface area contributed by atoms with Gasteiger partial charge in [-0.25, -0.2) is 4.79 Å². The zero-order valence-corrected chi connectivity index (χ0v) is 11.7. The van der Waals surface area contributed by atoms with Crippen LogP contribution in [0.15, 0.2) is 18.2 Å². The second-order valence-electron chi connectivity index (χ2n) is 4.33. The molecule has 0 aliphatic rings. The predicted molar refractivity (Wildman–Crippen MR) is 77.3 cm³/mol. The molecule has 20 heavy (non-hydrogen) atoms. The van der Waals surface area contributed by atoms with Crippen molar-refractivity contribution in [2.75, 3.05) is 5.73 Å². The number of carboxylic acids is 1. The van der Waals surface area contributed by atoms with E-state index in [0.29, 0.717) is 21.6 Å². The lowest BCUT2D eigenvalue weighted by Gasteiger charge is -2.06. The molecule has 1 aromatic heterocycles. The normalized spacial score (nSPS) is 10.5. The highest BCUT2D eigenvalue weighted by molar-refractivity contribution is 7.18. The molecular formula is C13H12N2O4S. The van der Waals surface area contributed by atoms with Crippen LogP contribution in [-0.2, 0) is 0 Å². The van der Waals surface area contributed by atoms with Crippen LogP contribution < -0.4 is 5.73 Å². The van der Waals surface area contributed by atoms with Crippen molar-refractivity contribution in [3.8, 4) is 10.4 Å². The van der Waals surface area contributed by atoms with Gasteiger partial charge in [-0.2, -0.15) is 0 Å². The first-order valence-electron chi connectivity index (χ1n) is 5.71. The van der Waals surface area contributed by atoms with Gasteiger partial charge in [0.15, 0.2) is 0 Å². The third-order valence-corrected chi connectivity index (χ3v) is 4.38. The molecule has 0 aliphatic carbocycles. The maximum absolute atomic E-state index is 11.1. The largest absolute Gasteiger partial charge is 0.477 e. The van der Waals surface area contributed by atoms with Crippen LogP contribution >= 0.6 is 11.3 Å². The minimum absolute atomic E-state index is 0.00931. The summed E-state index contributed by atoms with van der Waals surface area (Å²) in [5.41, 5.74) is 7.59. The SMILES string of the molecule is Cc1cccc([N+](=O)[O-])c1-c1sc(C(=O)O)c(N)c1C. The Morgan fingerprint density at radius 3 is 2.55 bits per heavy atom. The number of nitrogens with zero attached hydrogens (tertiary/aromatic N) is 1. The topological polar surface area (TPSA) is 106 Å².